The lowest BCUT2D eigenvalue weighted by Crippen LogP contribution is -2.35. The van der Waals surface area contributed by atoms with Crippen molar-refractivity contribution >= 4 is 12.0 Å². The predicted molar refractivity (Wildman–Crippen MR) is 75.8 cm³/mol. The number of carbonyl (C=O) groups excluding carboxylic acids is 2. The summed E-state index contributed by atoms with van der Waals surface area (Å²) >= 11 is 0. The molecule has 3 N–H and O–H groups in total. The Balaban J connectivity index is 3.30. The van der Waals surface area contributed by atoms with E-state index in [0.717, 1.165) is 12.8 Å². The van der Waals surface area contributed by atoms with Crippen LogP contribution in [-0.2, 0) is 9.53 Å². The third kappa shape index (κ3) is 11.6. The number of unbranched alkanes of at least 4 members (excludes halogenated alkanes) is 7. The second kappa shape index (κ2) is 11.8. The summed E-state index contributed by atoms with van der Waals surface area (Å²) in [5, 5.41) is 2.61. The number of carbonyl (C=O) groups is 2. The minimum atomic E-state index is -0.876. The molecular formula is C14H28N2O3. The number of nitrogens with one attached hydrogen (secondary N) is 1. The van der Waals surface area contributed by atoms with Gasteiger partial charge >= 0.3 is 6.09 Å². The Morgan fingerprint density at radius 2 is 1.58 bits per heavy atom. The highest BCUT2D eigenvalue weighted by atomic mass is 16.6. The second-order valence-corrected chi connectivity index (χ2v) is 4.85. The summed E-state index contributed by atoms with van der Waals surface area (Å²) in [6.07, 6.45) is 8.30. The van der Waals surface area contributed by atoms with Gasteiger partial charge < -0.3 is 15.8 Å². The maximum Gasteiger partial charge on any atom is 0.407 e. The first kappa shape index (κ1) is 17.7. The lowest BCUT2D eigenvalue weighted by molar-refractivity contribution is -0.125. The molecule has 0 aromatic carbocycles. The van der Waals surface area contributed by atoms with E-state index in [2.05, 4.69) is 12.2 Å². The monoisotopic (exact) mass is 272 g/mol. The molecule has 0 aromatic rings. The van der Waals surface area contributed by atoms with Crippen LogP contribution in [0.1, 0.15) is 65.2 Å². The summed E-state index contributed by atoms with van der Waals surface area (Å²) in [4.78, 5) is 21.9. The molecule has 0 fully saturated rings. The highest BCUT2D eigenvalue weighted by molar-refractivity contribution is 5.81. The highest BCUT2D eigenvalue weighted by Crippen LogP contribution is 2.07. The molecule has 0 radical (unpaired) electrons. The molecule has 19 heavy (non-hydrogen) atoms. The number of hydrogen-bond donors (Lipinski definition) is 2. The van der Waals surface area contributed by atoms with Crippen molar-refractivity contribution in [3.05, 3.63) is 0 Å². The number of primary amides is 1. The molecule has 0 saturated carbocycles. The number of nitrogens with two attached hydrogens (primary N) is 1. The van der Waals surface area contributed by atoms with Gasteiger partial charge in [0, 0.05) is 6.54 Å². The molecule has 0 bridgehead atoms. The Hall–Kier alpha value is -1.26. The number of alkyl carbamates (subject to hydrolysis) is 1. The lowest BCUT2D eigenvalue weighted by atomic mass is 10.1. The van der Waals surface area contributed by atoms with E-state index in [1.807, 2.05) is 0 Å². The van der Waals surface area contributed by atoms with Crippen LogP contribution >= 0.6 is 0 Å². The average Bonchev–Trinajstić information content (AvgIpc) is 2.36. The standard InChI is InChI=1S/C14H28N2O3/c1-3-4-5-6-7-8-9-10-11-16-14(18)19-12(2)13(15)17/h12H,3-11H2,1-2H3,(H2,15,17)(H,16,18)/t12-/m0/s1. The van der Waals surface area contributed by atoms with Gasteiger partial charge in [0.15, 0.2) is 6.10 Å². The van der Waals surface area contributed by atoms with Crippen LogP contribution in [0.4, 0.5) is 4.79 Å². The van der Waals surface area contributed by atoms with E-state index < -0.39 is 18.1 Å². The van der Waals surface area contributed by atoms with Crippen molar-refractivity contribution in [2.75, 3.05) is 6.54 Å². The number of rotatable bonds is 11. The number of amides is 2. The van der Waals surface area contributed by atoms with Gasteiger partial charge in [0.25, 0.3) is 5.91 Å². The summed E-state index contributed by atoms with van der Waals surface area (Å²) < 4.78 is 4.76. The predicted octanol–water partition coefficient (Wildman–Crippen LogP) is 2.73. The minimum Gasteiger partial charge on any atom is -0.436 e. The van der Waals surface area contributed by atoms with Crippen molar-refractivity contribution in [1.29, 1.82) is 0 Å². The van der Waals surface area contributed by atoms with E-state index in [0.29, 0.717) is 6.54 Å². The van der Waals surface area contributed by atoms with Crippen LogP contribution in [0.25, 0.3) is 0 Å². The zero-order chi connectivity index (χ0) is 14.5. The van der Waals surface area contributed by atoms with Gasteiger partial charge in [-0.2, -0.15) is 0 Å². The van der Waals surface area contributed by atoms with Gasteiger partial charge in [0.1, 0.15) is 0 Å². The van der Waals surface area contributed by atoms with Crippen molar-refractivity contribution in [3.8, 4) is 0 Å². The fraction of sp³-hybridized carbons (Fsp3) is 0.857. The molecule has 0 unspecified atom stereocenters. The first-order chi connectivity index (χ1) is 9.07. The Kier molecular flexibility index (Phi) is 11.0. The summed E-state index contributed by atoms with van der Waals surface area (Å²) in [5.41, 5.74) is 4.98. The van der Waals surface area contributed by atoms with Gasteiger partial charge in [0.05, 0.1) is 0 Å². The van der Waals surface area contributed by atoms with E-state index in [-0.39, 0.29) is 0 Å². The van der Waals surface area contributed by atoms with Gasteiger partial charge in [-0.1, -0.05) is 51.9 Å². The van der Waals surface area contributed by atoms with Crippen LogP contribution in [0.2, 0.25) is 0 Å². The zero-order valence-electron chi connectivity index (χ0n) is 12.2. The first-order valence-electron chi connectivity index (χ1n) is 7.31. The Morgan fingerprint density at radius 1 is 1.05 bits per heavy atom. The van der Waals surface area contributed by atoms with Gasteiger partial charge in [-0.15, -0.1) is 0 Å². The average molecular weight is 272 g/mol. The first-order valence-corrected chi connectivity index (χ1v) is 7.31. The van der Waals surface area contributed by atoms with E-state index in [4.69, 9.17) is 10.5 Å². The topological polar surface area (TPSA) is 81.4 Å². The van der Waals surface area contributed by atoms with Crippen molar-refractivity contribution in [1.82, 2.24) is 5.32 Å². The van der Waals surface area contributed by atoms with Gasteiger partial charge in [-0.25, -0.2) is 4.79 Å². The van der Waals surface area contributed by atoms with E-state index in [1.165, 1.54) is 45.4 Å². The second-order valence-electron chi connectivity index (χ2n) is 4.85. The molecule has 0 aliphatic carbocycles. The largest absolute Gasteiger partial charge is 0.436 e. The molecule has 112 valence electrons. The van der Waals surface area contributed by atoms with Gasteiger partial charge in [-0.3, -0.25) is 4.79 Å². The van der Waals surface area contributed by atoms with Crippen LogP contribution in [0.5, 0.6) is 0 Å². The lowest BCUT2D eigenvalue weighted by Gasteiger charge is -2.10. The molecule has 2 amide bonds. The van der Waals surface area contributed by atoms with Gasteiger partial charge in [0.2, 0.25) is 0 Å². The molecule has 0 spiro atoms. The molecule has 0 saturated heterocycles. The van der Waals surface area contributed by atoms with Crippen LogP contribution in [-0.4, -0.2) is 24.6 Å². The normalized spacial score (nSPS) is 11.9. The van der Waals surface area contributed by atoms with Crippen LogP contribution in [0, 0.1) is 0 Å². The zero-order valence-corrected chi connectivity index (χ0v) is 12.2. The summed E-state index contributed by atoms with van der Waals surface area (Å²) in [7, 11) is 0. The fourth-order valence-electron chi connectivity index (χ4n) is 1.71. The minimum absolute atomic E-state index is 0.575. The van der Waals surface area contributed by atoms with E-state index >= 15 is 0 Å². The molecule has 5 heteroatoms. The SMILES string of the molecule is CCCCCCCCCCNC(=O)O[C@@H](C)C(N)=O. The Labute approximate surface area is 116 Å². The van der Waals surface area contributed by atoms with Crippen molar-refractivity contribution in [2.24, 2.45) is 5.73 Å². The summed E-state index contributed by atoms with van der Waals surface area (Å²) in [6, 6.07) is 0. The number of ether oxygens (including phenoxy) is 1. The summed E-state index contributed by atoms with van der Waals surface area (Å²) in [6.45, 7) is 4.25. The van der Waals surface area contributed by atoms with E-state index in [1.54, 1.807) is 0 Å². The molecule has 0 aromatic heterocycles. The third-order valence-corrected chi connectivity index (χ3v) is 2.98. The molecule has 5 nitrogen and oxygen atoms in total. The van der Waals surface area contributed by atoms with Crippen LogP contribution in [0.3, 0.4) is 0 Å². The quantitative estimate of drug-likeness (QED) is 0.567. The maximum atomic E-state index is 11.2. The van der Waals surface area contributed by atoms with Crippen molar-refractivity contribution in [2.45, 2.75) is 71.3 Å². The molecule has 0 aliphatic rings. The molecular weight excluding hydrogens is 244 g/mol. The molecule has 1 atom stereocenters. The Bertz CT molecular complexity index is 257. The molecule has 0 aliphatic heterocycles. The third-order valence-electron chi connectivity index (χ3n) is 2.98. The molecule has 0 heterocycles. The van der Waals surface area contributed by atoms with Crippen LogP contribution in [0.15, 0.2) is 0 Å². The van der Waals surface area contributed by atoms with E-state index in [9.17, 15) is 9.59 Å². The van der Waals surface area contributed by atoms with Crippen molar-refractivity contribution in [3.63, 3.8) is 0 Å². The Morgan fingerprint density at radius 3 is 2.11 bits per heavy atom. The smallest absolute Gasteiger partial charge is 0.407 e. The highest BCUT2D eigenvalue weighted by Gasteiger charge is 2.13. The van der Waals surface area contributed by atoms with Gasteiger partial charge in [-0.05, 0) is 13.3 Å². The summed E-state index contributed by atoms with van der Waals surface area (Å²) in [5.74, 6) is -0.637. The fourth-order valence-corrected chi connectivity index (χ4v) is 1.71. The molecule has 0 rings (SSSR count). The van der Waals surface area contributed by atoms with Crippen LogP contribution < -0.4 is 11.1 Å². The maximum absolute atomic E-state index is 11.2. The van der Waals surface area contributed by atoms with Crippen molar-refractivity contribution < 1.29 is 14.3 Å². The number of hydrogen-bond acceptors (Lipinski definition) is 3.